The van der Waals surface area contributed by atoms with E-state index in [9.17, 15) is 9.59 Å². The van der Waals surface area contributed by atoms with Crippen LogP contribution in [-0.2, 0) is 11.2 Å². The van der Waals surface area contributed by atoms with E-state index in [4.69, 9.17) is 4.98 Å². The number of rotatable bonds is 4. The molecule has 0 saturated carbocycles. The van der Waals surface area contributed by atoms with Crippen LogP contribution in [0.1, 0.15) is 35.5 Å². The first-order valence-corrected chi connectivity index (χ1v) is 11.4. The van der Waals surface area contributed by atoms with E-state index in [1.165, 1.54) is 28.2 Å². The second kappa shape index (κ2) is 8.08. The number of hydrogen-bond donors (Lipinski definition) is 0. The topological polar surface area (TPSA) is 53.5 Å². The summed E-state index contributed by atoms with van der Waals surface area (Å²) in [5.41, 5.74) is 4.06. The SMILES string of the molecule is CC(C)C(=O)N1CCCc2cc(-c3csc(N(C)C(=O)c4cccs4)n3)ccc21. The lowest BCUT2D eigenvalue weighted by atomic mass is 9.97. The number of nitrogens with zero attached hydrogens (tertiary/aromatic N) is 3. The Morgan fingerprint density at radius 3 is 2.76 bits per heavy atom. The molecule has 0 saturated heterocycles. The van der Waals surface area contributed by atoms with Gasteiger partial charge in [-0.05, 0) is 42.0 Å². The fourth-order valence-electron chi connectivity index (χ4n) is 3.50. The minimum atomic E-state index is -0.0471. The lowest BCUT2D eigenvalue weighted by molar-refractivity contribution is -0.121. The van der Waals surface area contributed by atoms with Crippen molar-refractivity contribution in [1.82, 2.24) is 4.98 Å². The monoisotopic (exact) mass is 425 g/mol. The summed E-state index contributed by atoms with van der Waals surface area (Å²) in [6.45, 7) is 4.66. The second-order valence-corrected chi connectivity index (χ2v) is 9.23. The van der Waals surface area contributed by atoms with Gasteiger partial charge in [-0.25, -0.2) is 4.98 Å². The molecule has 3 heterocycles. The van der Waals surface area contributed by atoms with Crippen molar-refractivity contribution < 1.29 is 9.59 Å². The highest BCUT2D eigenvalue weighted by Gasteiger charge is 2.25. The van der Waals surface area contributed by atoms with Gasteiger partial charge in [0.05, 0.1) is 10.6 Å². The fourth-order valence-corrected chi connectivity index (χ4v) is 5.00. The molecule has 1 aliphatic heterocycles. The van der Waals surface area contributed by atoms with Gasteiger partial charge in [0.1, 0.15) is 0 Å². The molecule has 0 N–H and O–H groups in total. The number of carbonyl (C=O) groups is 2. The van der Waals surface area contributed by atoms with Crippen LogP contribution in [0.2, 0.25) is 0 Å². The van der Waals surface area contributed by atoms with Crippen molar-refractivity contribution in [1.29, 1.82) is 0 Å². The van der Waals surface area contributed by atoms with Crippen molar-refractivity contribution in [3.05, 3.63) is 51.5 Å². The molecule has 1 aliphatic rings. The predicted molar refractivity (Wildman–Crippen MR) is 120 cm³/mol. The number of benzene rings is 1. The summed E-state index contributed by atoms with van der Waals surface area (Å²) in [6, 6.07) is 9.88. The highest BCUT2D eigenvalue weighted by atomic mass is 32.1. The molecule has 2 aromatic heterocycles. The lowest BCUT2D eigenvalue weighted by Crippen LogP contribution is -2.38. The third-order valence-electron chi connectivity index (χ3n) is 5.07. The summed E-state index contributed by atoms with van der Waals surface area (Å²) in [7, 11) is 1.76. The second-order valence-electron chi connectivity index (χ2n) is 7.45. The minimum Gasteiger partial charge on any atom is -0.312 e. The highest BCUT2D eigenvalue weighted by molar-refractivity contribution is 7.14. The molecule has 150 valence electrons. The van der Waals surface area contributed by atoms with Crippen LogP contribution in [0.5, 0.6) is 0 Å². The molecule has 0 aliphatic carbocycles. The van der Waals surface area contributed by atoms with Gasteiger partial charge in [0.15, 0.2) is 5.13 Å². The molecule has 0 radical (unpaired) electrons. The summed E-state index contributed by atoms with van der Waals surface area (Å²) in [4.78, 5) is 34.0. The number of aromatic nitrogens is 1. The maximum Gasteiger partial charge on any atom is 0.269 e. The number of anilines is 2. The molecule has 2 amide bonds. The maximum atomic E-state index is 12.6. The van der Waals surface area contributed by atoms with Crippen LogP contribution >= 0.6 is 22.7 Å². The Morgan fingerprint density at radius 2 is 2.03 bits per heavy atom. The normalized spacial score (nSPS) is 13.4. The zero-order valence-corrected chi connectivity index (χ0v) is 18.3. The third-order valence-corrected chi connectivity index (χ3v) is 6.84. The molecule has 3 aromatic rings. The highest BCUT2D eigenvalue weighted by Crippen LogP contribution is 2.34. The molecule has 1 aromatic carbocycles. The molecular weight excluding hydrogens is 402 g/mol. The van der Waals surface area contributed by atoms with Gasteiger partial charge in [-0.2, -0.15) is 0 Å². The van der Waals surface area contributed by atoms with Crippen LogP contribution in [0.4, 0.5) is 10.8 Å². The van der Waals surface area contributed by atoms with Crippen LogP contribution in [0.15, 0.2) is 41.1 Å². The molecule has 29 heavy (non-hydrogen) atoms. The van der Waals surface area contributed by atoms with Gasteiger partial charge in [-0.3, -0.25) is 14.5 Å². The third kappa shape index (κ3) is 3.84. The maximum absolute atomic E-state index is 12.6. The number of hydrogen-bond acceptors (Lipinski definition) is 5. The Balaban J connectivity index is 1.59. The lowest BCUT2D eigenvalue weighted by Gasteiger charge is -2.31. The summed E-state index contributed by atoms with van der Waals surface area (Å²) >= 11 is 2.89. The Labute approximate surface area is 178 Å². The van der Waals surface area contributed by atoms with Crippen molar-refractivity contribution in [3.8, 4) is 11.3 Å². The number of carbonyl (C=O) groups excluding carboxylic acids is 2. The van der Waals surface area contributed by atoms with Gasteiger partial charge < -0.3 is 4.90 Å². The fraction of sp³-hybridized carbons (Fsp3) is 0.318. The molecule has 7 heteroatoms. The van der Waals surface area contributed by atoms with Gasteiger partial charge in [-0.15, -0.1) is 22.7 Å². The van der Waals surface area contributed by atoms with Crippen molar-refractivity contribution in [3.63, 3.8) is 0 Å². The van der Waals surface area contributed by atoms with Gasteiger partial charge >= 0.3 is 0 Å². The number of aryl methyl sites for hydroxylation is 1. The molecule has 0 spiro atoms. The van der Waals surface area contributed by atoms with Crippen LogP contribution in [-0.4, -0.2) is 30.4 Å². The summed E-state index contributed by atoms with van der Waals surface area (Å²) in [5.74, 6) is 0.107. The number of thiophene rings is 1. The zero-order valence-electron chi connectivity index (χ0n) is 16.7. The molecule has 4 rings (SSSR count). The molecule has 0 fully saturated rings. The molecule has 0 bridgehead atoms. The average molecular weight is 426 g/mol. The van der Waals surface area contributed by atoms with Crippen LogP contribution in [0.3, 0.4) is 0 Å². The Hall–Kier alpha value is -2.51. The van der Waals surface area contributed by atoms with Gasteiger partial charge in [-0.1, -0.05) is 26.0 Å². The summed E-state index contributed by atoms with van der Waals surface area (Å²) in [6.07, 6.45) is 1.92. The van der Waals surface area contributed by atoms with Gasteiger partial charge in [0.25, 0.3) is 5.91 Å². The van der Waals surface area contributed by atoms with E-state index in [0.29, 0.717) is 10.0 Å². The molecule has 0 unspecified atom stereocenters. The Kier molecular flexibility index (Phi) is 5.52. The zero-order chi connectivity index (χ0) is 20.5. The van der Waals surface area contributed by atoms with Crippen LogP contribution in [0, 0.1) is 5.92 Å². The van der Waals surface area contributed by atoms with Gasteiger partial charge in [0.2, 0.25) is 5.91 Å². The van der Waals surface area contributed by atoms with Crippen molar-refractivity contribution in [2.45, 2.75) is 26.7 Å². The quantitative estimate of drug-likeness (QED) is 0.585. The van der Waals surface area contributed by atoms with E-state index in [-0.39, 0.29) is 17.7 Å². The largest absolute Gasteiger partial charge is 0.312 e. The number of amides is 2. The smallest absolute Gasteiger partial charge is 0.269 e. The summed E-state index contributed by atoms with van der Waals surface area (Å²) in [5, 5.41) is 4.55. The molecule has 5 nitrogen and oxygen atoms in total. The summed E-state index contributed by atoms with van der Waals surface area (Å²) < 4.78 is 0. The van der Waals surface area contributed by atoms with E-state index >= 15 is 0 Å². The predicted octanol–water partition coefficient (Wildman–Crippen LogP) is 5.08. The Bertz CT molecular complexity index is 1040. The first kappa shape index (κ1) is 19.8. The van der Waals surface area contributed by atoms with Crippen LogP contribution < -0.4 is 9.80 Å². The van der Waals surface area contributed by atoms with Gasteiger partial charge in [0, 0.05) is 36.1 Å². The first-order chi connectivity index (χ1) is 14.0. The minimum absolute atomic E-state index is 0.0156. The van der Waals surface area contributed by atoms with E-state index in [0.717, 1.165) is 36.3 Å². The standard InChI is InChI=1S/C22H23N3O2S2/c1-14(2)20(26)25-10-4-6-16-12-15(8-9-18(16)25)17-13-29-22(23-17)24(3)21(27)19-7-5-11-28-19/h5,7-9,11-14H,4,6,10H2,1-3H3. The van der Waals surface area contributed by atoms with Crippen molar-refractivity contribution >= 4 is 45.3 Å². The molecule has 0 atom stereocenters. The van der Waals surface area contributed by atoms with E-state index < -0.39 is 0 Å². The first-order valence-electron chi connectivity index (χ1n) is 9.67. The molecular formula is C22H23N3O2S2. The van der Waals surface area contributed by atoms with E-state index in [1.54, 1.807) is 11.9 Å². The number of thiazole rings is 1. The Morgan fingerprint density at radius 1 is 1.21 bits per heavy atom. The van der Waals surface area contributed by atoms with E-state index in [1.807, 2.05) is 53.8 Å². The van der Waals surface area contributed by atoms with Crippen molar-refractivity contribution in [2.75, 3.05) is 23.4 Å². The average Bonchev–Trinajstić information content (AvgIpc) is 3.43. The van der Waals surface area contributed by atoms with E-state index in [2.05, 4.69) is 6.07 Å². The van der Waals surface area contributed by atoms with Crippen molar-refractivity contribution in [2.24, 2.45) is 5.92 Å². The van der Waals surface area contributed by atoms with Crippen LogP contribution in [0.25, 0.3) is 11.3 Å². The number of fused-ring (bicyclic) bond motifs is 1.